The molecule has 0 saturated heterocycles. The predicted octanol–water partition coefficient (Wildman–Crippen LogP) is 2.53. The molecule has 2 aromatic rings. The molecule has 2 heterocycles. The Labute approximate surface area is 146 Å². The van der Waals surface area contributed by atoms with Crippen LogP contribution in [0.2, 0.25) is 0 Å². The van der Waals surface area contributed by atoms with Crippen LogP contribution in [0.1, 0.15) is 27.2 Å². The van der Waals surface area contributed by atoms with Crippen molar-refractivity contribution in [3.63, 3.8) is 0 Å². The first-order chi connectivity index (χ1) is 11.8. The van der Waals surface area contributed by atoms with Gasteiger partial charge < -0.3 is 20.4 Å². The van der Waals surface area contributed by atoms with E-state index in [1.165, 1.54) is 0 Å². The van der Waals surface area contributed by atoms with Crippen molar-refractivity contribution in [2.75, 3.05) is 12.3 Å². The van der Waals surface area contributed by atoms with E-state index in [4.69, 9.17) is 10.5 Å². The Balaban J connectivity index is 1.82. The first-order valence-corrected chi connectivity index (χ1v) is 7.93. The average Bonchev–Trinajstić information content (AvgIpc) is 3.06. The van der Waals surface area contributed by atoms with Crippen molar-refractivity contribution in [1.29, 1.82) is 0 Å². The first kappa shape index (κ1) is 18.4. The number of ether oxygens (including phenoxy) is 1. The molecule has 0 bridgehead atoms. The number of hydrogen-bond donors (Lipinski definition) is 2. The molecule has 0 aromatic carbocycles. The van der Waals surface area contributed by atoms with Gasteiger partial charge in [-0.25, -0.2) is 14.5 Å². The third-order valence-electron chi connectivity index (χ3n) is 3.12. The summed E-state index contributed by atoms with van der Waals surface area (Å²) in [6.07, 6.45) is 5.17. The van der Waals surface area contributed by atoms with Crippen molar-refractivity contribution in [3.05, 3.63) is 18.6 Å². The van der Waals surface area contributed by atoms with Crippen molar-refractivity contribution in [2.24, 2.45) is 17.3 Å². The van der Waals surface area contributed by atoms with Crippen molar-refractivity contribution in [1.82, 2.24) is 24.6 Å². The Morgan fingerprint density at radius 2 is 2.16 bits per heavy atom. The summed E-state index contributed by atoms with van der Waals surface area (Å²) in [7, 11) is 1.83. The maximum absolute atomic E-state index is 11.6. The number of carbonyl (C=O) groups is 1. The Kier molecular flexibility index (Phi) is 5.73. The molecular weight excluding hydrogens is 324 g/mol. The smallest absolute Gasteiger partial charge is 0.407 e. The maximum Gasteiger partial charge on any atom is 0.407 e. The largest absolute Gasteiger partial charge is 0.444 e. The fraction of sp³-hybridized carbons (Fsp3) is 0.533. The molecule has 10 nitrogen and oxygen atoms in total. The van der Waals surface area contributed by atoms with Crippen LogP contribution in [0.15, 0.2) is 28.8 Å². The quantitative estimate of drug-likeness (QED) is 0.613. The highest BCUT2D eigenvalue weighted by molar-refractivity contribution is 5.67. The van der Waals surface area contributed by atoms with Gasteiger partial charge in [-0.3, -0.25) is 0 Å². The van der Waals surface area contributed by atoms with Gasteiger partial charge in [-0.15, -0.1) is 10.2 Å². The van der Waals surface area contributed by atoms with Gasteiger partial charge in [0.1, 0.15) is 17.1 Å². The molecule has 0 aliphatic carbocycles. The van der Waals surface area contributed by atoms with E-state index in [1.807, 2.05) is 27.8 Å². The second-order valence-electron chi connectivity index (χ2n) is 6.46. The minimum Gasteiger partial charge on any atom is -0.444 e. The van der Waals surface area contributed by atoms with Gasteiger partial charge in [-0.1, -0.05) is 0 Å². The minimum atomic E-state index is -0.510. The molecule has 136 valence electrons. The van der Waals surface area contributed by atoms with E-state index >= 15 is 0 Å². The van der Waals surface area contributed by atoms with Crippen LogP contribution in [0, 0.1) is 0 Å². The second kappa shape index (κ2) is 7.77. The summed E-state index contributed by atoms with van der Waals surface area (Å²) in [5.41, 5.74) is 5.98. The van der Waals surface area contributed by atoms with Gasteiger partial charge >= 0.3 is 6.09 Å². The highest BCUT2D eigenvalue weighted by Crippen LogP contribution is 2.23. The first-order valence-electron chi connectivity index (χ1n) is 7.93. The van der Waals surface area contributed by atoms with Gasteiger partial charge in [-0.05, 0) is 27.2 Å². The number of imidazole rings is 1. The van der Waals surface area contributed by atoms with Crippen LogP contribution in [0.4, 0.5) is 22.2 Å². The molecule has 0 aliphatic heterocycles. The number of nitrogens with zero attached hydrogens (tertiary/aromatic N) is 6. The van der Waals surface area contributed by atoms with Crippen LogP contribution < -0.4 is 11.1 Å². The second-order valence-corrected chi connectivity index (χ2v) is 6.46. The number of alkyl carbamates (subject to hydrolysis) is 1. The molecule has 0 unspecified atom stereocenters. The van der Waals surface area contributed by atoms with Gasteiger partial charge in [0.15, 0.2) is 0 Å². The maximum atomic E-state index is 11.6. The van der Waals surface area contributed by atoms with E-state index in [0.29, 0.717) is 37.0 Å². The van der Waals surface area contributed by atoms with E-state index in [2.05, 4.69) is 25.6 Å². The Bertz CT molecular complexity index is 741. The molecular formula is C15H24N8O2. The summed E-state index contributed by atoms with van der Waals surface area (Å²) in [5, 5.41) is 15.0. The number of anilines is 1. The van der Waals surface area contributed by atoms with Crippen LogP contribution in [0.25, 0.3) is 0 Å². The fourth-order valence-corrected chi connectivity index (χ4v) is 1.93. The fourth-order valence-electron chi connectivity index (χ4n) is 1.93. The zero-order valence-corrected chi connectivity index (χ0v) is 14.9. The number of nitrogens with one attached hydrogen (secondary N) is 1. The zero-order chi connectivity index (χ0) is 18.4. The molecule has 0 aliphatic rings. The van der Waals surface area contributed by atoms with Crippen LogP contribution in [-0.2, 0) is 18.3 Å². The molecule has 0 spiro atoms. The highest BCUT2D eigenvalue weighted by atomic mass is 16.6. The molecule has 3 N–H and O–H groups in total. The van der Waals surface area contributed by atoms with Gasteiger partial charge in [0, 0.05) is 32.5 Å². The SMILES string of the molecule is Cn1ccnc1N=Nc1cnn(CCCNC(=O)OC(C)(C)C)c1N. The van der Waals surface area contributed by atoms with Crippen molar-refractivity contribution >= 4 is 23.5 Å². The molecule has 0 fully saturated rings. The number of nitrogens with two attached hydrogens (primary N) is 1. The van der Waals surface area contributed by atoms with Gasteiger partial charge in [0.2, 0.25) is 5.95 Å². The van der Waals surface area contributed by atoms with Gasteiger partial charge in [-0.2, -0.15) is 5.10 Å². The molecule has 10 heteroatoms. The number of aromatic nitrogens is 4. The summed E-state index contributed by atoms with van der Waals surface area (Å²) >= 11 is 0. The standard InChI is InChI=1S/C15H24N8O2/c1-15(2,3)25-14(24)18-6-5-8-23-12(16)11(10-19-23)20-21-13-17-7-9-22(13)4/h7,9-10H,5-6,8,16H2,1-4H3,(H,18,24). The van der Waals surface area contributed by atoms with Gasteiger partial charge in [0.05, 0.1) is 6.20 Å². The van der Waals surface area contributed by atoms with Crippen molar-refractivity contribution in [3.8, 4) is 0 Å². The summed E-state index contributed by atoms with van der Waals surface area (Å²) in [6, 6.07) is 0. The van der Waals surface area contributed by atoms with E-state index in [1.54, 1.807) is 27.8 Å². The number of carbonyl (C=O) groups excluding carboxylic acids is 1. The summed E-state index contributed by atoms with van der Waals surface area (Å²) in [6.45, 7) is 6.45. The Morgan fingerprint density at radius 1 is 1.40 bits per heavy atom. The number of rotatable bonds is 6. The monoisotopic (exact) mass is 348 g/mol. The molecule has 2 aromatic heterocycles. The van der Waals surface area contributed by atoms with E-state index in [0.717, 1.165) is 0 Å². The van der Waals surface area contributed by atoms with E-state index < -0.39 is 11.7 Å². The Morgan fingerprint density at radius 3 is 2.80 bits per heavy atom. The van der Waals surface area contributed by atoms with Crippen molar-refractivity contribution < 1.29 is 9.53 Å². The minimum absolute atomic E-state index is 0.412. The average molecular weight is 348 g/mol. The van der Waals surface area contributed by atoms with Crippen LogP contribution in [0.3, 0.4) is 0 Å². The van der Waals surface area contributed by atoms with Gasteiger partial charge in [0.25, 0.3) is 0 Å². The summed E-state index contributed by atoms with van der Waals surface area (Å²) in [4.78, 5) is 15.6. The van der Waals surface area contributed by atoms with E-state index in [9.17, 15) is 4.79 Å². The lowest BCUT2D eigenvalue weighted by atomic mass is 10.2. The Hall–Kier alpha value is -2.91. The molecule has 2 rings (SSSR count). The predicted molar refractivity (Wildman–Crippen MR) is 92.9 cm³/mol. The zero-order valence-electron chi connectivity index (χ0n) is 14.9. The number of azo groups is 1. The summed E-state index contributed by atoms with van der Waals surface area (Å²) < 4.78 is 8.52. The number of nitrogen functional groups attached to an aromatic ring is 1. The van der Waals surface area contributed by atoms with Crippen molar-refractivity contribution in [2.45, 2.75) is 39.3 Å². The number of hydrogen-bond acceptors (Lipinski definition) is 7. The molecule has 0 atom stereocenters. The lowest BCUT2D eigenvalue weighted by Gasteiger charge is -2.19. The number of aryl methyl sites for hydroxylation is 2. The molecule has 25 heavy (non-hydrogen) atoms. The normalized spacial score (nSPS) is 11.8. The molecule has 0 saturated carbocycles. The third-order valence-corrected chi connectivity index (χ3v) is 3.12. The lowest BCUT2D eigenvalue weighted by molar-refractivity contribution is 0.0526. The van der Waals surface area contributed by atoms with Crippen LogP contribution >= 0.6 is 0 Å². The third kappa shape index (κ3) is 5.59. The topological polar surface area (TPSA) is 125 Å². The van der Waals surface area contributed by atoms with E-state index in [-0.39, 0.29) is 0 Å². The lowest BCUT2D eigenvalue weighted by Crippen LogP contribution is -2.33. The molecule has 1 amide bonds. The number of amides is 1. The van der Waals surface area contributed by atoms with Crippen LogP contribution in [-0.4, -0.2) is 37.6 Å². The highest BCUT2D eigenvalue weighted by Gasteiger charge is 2.15. The summed E-state index contributed by atoms with van der Waals surface area (Å²) in [5.74, 6) is 0.893. The van der Waals surface area contributed by atoms with Crippen LogP contribution in [0.5, 0.6) is 0 Å². The molecule has 0 radical (unpaired) electrons.